The fourth-order valence-corrected chi connectivity index (χ4v) is 4.42. The zero-order valence-corrected chi connectivity index (χ0v) is 20.2. The number of fused-ring (bicyclic) bond motifs is 3. The summed E-state index contributed by atoms with van der Waals surface area (Å²) in [5.41, 5.74) is 4.47. The molecule has 0 spiro atoms. The van der Waals surface area contributed by atoms with Gasteiger partial charge < -0.3 is 20.5 Å². The molecule has 2 unspecified atom stereocenters. The molecule has 0 saturated heterocycles. The SMILES string of the molecule is CCC(C)C(NC(=O)[C@@H](CC(C)C)NC(=O)OCC1c2ccccc2-c2ccccc21)C(=O)O. The molecule has 1 aliphatic carbocycles. The van der Waals surface area contributed by atoms with Gasteiger partial charge >= 0.3 is 12.1 Å². The van der Waals surface area contributed by atoms with Crippen LogP contribution in [0.15, 0.2) is 48.5 Å². The number of aliphatic carboxylic acids is 1. The van der Waals surface area contributed by atoms with E-state index in [1.54, 1.807) is 6.92 Å². The molecule has 2 aromatic carbocycles. The van der Waals surface area contributed by atoms with Crippen LogP contribution in [0.1, 0.15) is 57.6 Å². The number of hydrogen-bond donors (Lipinski definition) is 3. The van der Waals surface area contributed by atoms with E-state index in [9.17, 15) is 19.5 Å². The number of carboxylic acid groups (broad SMARTS) is 1. The molecular formula is C27H34N2O5. The largest absolute Gasteiger partial charge is 0.480 e. The van der Waals surface area contributed by atoms with Crippen LogP contribution in [-0.2, 0) is 14.3 Å². The summed E-state index contributed by atoms with van der Waals surface area (Å²) in [6.07, 6.45) is 0.271. The molecule has 1 aliphatic rings. The van der Waals surface area contributed by atoms with Crippen molar-refractivity contribution in [1.82, 2.24) is 10.6 Å². The van der Waals surface area contributed by atoms with Gasteiger partial charge in [-0.1, -0.05) is 82.6 Å². The van der Waals surface area contributed by atoms with Crippen molar-refractivity contribution in [2.45, 2.75) is 58.5 Å². The molecule has 0 aliphatic heterocycles. The first-order valence-electron chi connectivity index (χ1n) is 11.9. The third kappa shape index (κ3) is 5.76. The van der Waals surface area contributed by atoms with E-state index >= 15 is 0 Å². The quantitative estimate of drug-likeness (QED) is 0.476. The number of nitrogens with one attached hydrogen (secondary N) is 2. The summed E-state index contributed by atoms with van der Waals surface area (Å²) in [6, 6.07) is 14.2. The molecular weight excluding hydrogens is 432 g/mol. The molecule has 7 heteroatoms. The summed E-state index contributed by atoms with van der Waals surface area (Å²) in [5, 5.41) is 14.8. The topological polar surface area (TPSA) is 105 Å². The third-order valence-corrected chi connectivity index (χ3v) is 6.44. The predicted octanol–water partition coefficient (Wildman–Crippen LogP) is 4.56. The highest BCUT2D eigenvalue weighted by Gasteiger charge is 2.32. The highest BCUT2D eigenvalue weighted by molar-refractivity contribution is 5.89. The molecule has 0 bridgehead atoms. The molecule has 3 rings (SSSR count). The van der Waals surface area contributed by atoms with Gasteiger partial charge in [-0.3, -0.25) is 4.79 Å². The van der Waals surface area contributed by atoms with Crippen molar-refractivity contribution in [2.75, 3.05) is 6.61 Å². The van der Waals surface area contributed by atoms with Crippen LogP contribution in [0.5, 0.6) is 0 Å². The molecule has 2 aromatic rings. The molecule has 7 nitrogen and oxygen atoms in total. The molecule has 0 fully saturated rings. The van der Waals surface area contributed by atoms with Gasteiger partial charge in [0.1, 0.15) is 18.7 Å². The smallest absolute Gasteiger partial charge is 0.407 e. The molecule has 0 radical (unpaired) electrons. The van der Waals surface area contributed by atoms with Gasteiger partial charge in [0.2, 0.25) is 5.91 Å². The lowest BCUT2D eigenvalue weighted by atomic mass is 9.97. The number of ether oxygens (including phenoxy) is 1. The van der Waals surface area contributed by atoms with Crippen molar-refractivity contribution in [2.24, 2.45) is 11.8 Å². The molecule has 182 valence electrons. The zero-order valence-electron chi connectivity index (χ0n) is 20.2. The second-order valence-corrected chi connectivity index (χ2v) is 9.36. The first-order chi connectivity index (χ1) is 16.2. The number of benzene rings is 2. The van der Waals surface area contributed by atoms with E-state index in [-0.39, 0.29) is 24.4 Å². The monoisotopic (exact) mass is 466 g/mol. The summed E-state index contributed by atoms with van der Waals surface area (Å²) in [4.78, 5) is 37.2. The van der Waals surface area contributed by atoms with Crippen molar-refractivity contribution in [3.05, 3.63) is 59.7 Å². The lowest BCUT2D eigenvalue weighted by molar-refractivity contribution is -0.143. The Morgan fingerprint density at radius 3 is 2.00 bits per heavy atom. The minimum atomic E-state index is -1.09. The van der Waals surface area contributed by atoms with Crippen LogP contribution in [0, 0.1) is 11.8 Å². The molecule has 2 amide bonds. The maximum atomic E-state index is 12.9. The lowest BCUT2D eigenvalue weighted by Gasteiger charge is -2.25. The summed E-state index contributed by atoms with van der Waals surface area (Å²) >= 11 is 0. The average Bonchev–Trinajstić information content (AvgIpc) is 3.13. The summed E-state index contributed by atoms with van der Waals surface area (Å²) < 4.78 is 5.58. The Morgan fingerprint density at radius 1 is 0.941 bits per heavy atom. The normalized spacial score (nSPS) is 15.1. The van der Waals surface area contributed by atoms with Crippen LogP contribution in [0.25, 0.3) is 11.1 Å². The highest BCUT2D eigenvalue weighted by atomic mass is 16.5. The van der Waals surface area contributed by atoms with Crippen LogP contribution < -0.4 is 10.6 Å². The number of carboxylic acids is 1. The fourth-order valence-electron chi connectivity index (χ4n) is 4.42. The van der Waals surface area contributed by atoms with E-state index < -0.39 is 30.1 Å². The first-order valence-corrected chi connectivity index (χ1v) is 11.9. The maximum absolute atomic E-state index is 12.9. The second kappa shape index (κ2) is 11.2. The van der Waals surface area contributed by atoms with Crippen LogP contribution >= 0.6 is 0 Å². The van der Waals surface area contributed by atoms with Gasteiger partial charge in [0.05, 0.1) is 0 Å². The van der Waals surface area contributed by atoms with Crippen molar-refractivity contribution in [1.29, 1.82) is 0 Å². The van der Waals surface area contributed by atoms with Crippen molar-refractivity contribution in [3.63, 3.8) is 0 Å². The molecule has 3 atom stereocenters. The van der Waals surface area contributed by atoms with Gasteiger partial charge in [-0.15, -0.1) is 0 Å². The summed E-state index contributed by atoms with van der Waals surface area (Å²) in [7, 11) is 0. The van der Waals surface area contributed by atoms with E-state index in [1.165, 1.54) is 0 Å². The molecule has 3 N–H and O–H groups in total. The third-order valence-electron chi connectivity index (χ3n) is 6.44. The standard InChI is InChI=1S/C27H34N2O5/c1-5-17(4)24(26(31)32)29-25(30)23(14-16(2)3)28-27(33)34-15-22-20-12-8-6-10-18(20)19-11-7-9-13-21(19)22/h6-13,16-17,22-24H,5,14-15H2,1-4H3,(H,28,33)(H,29,30)(H,31,32)/t17?,23-,24?/m1/s1. The Balaban J connectivity index is 1.67. The Morgan fingerprint density at radius 2 is 1.50 bits per heavy atom. The minimum absolute atomic E-state index is 0.0858. The molecule has 0 saturated carbocycles. The summed E-state index contributed by atoms with van der Waals surface area (Å²) in [6.45, 7) is 7.65. The molecule has 34 heavy (non-hydrogen) atoms. The fraction of sp³-hybridized carbons (Fsp3) is 0.444. The van der Waals surface area contributed by atoms with Crippen LogP contribution in [0.2, 0.25) is 0 Å². The highest BCUT2D eigenvalue weighted by Crippen LogP contribution is 2.44. The average molecular weight is 467 g/mol. The Hall–Kier alpha value is -3.35. The van der Waals surface area contributed by atoms with Gasteiger partial charge in [0.25, 0.3) is 0 Å². The number of amides is 2. The number of carbonyl (C=O) groups is 3. The van der Waals surface area contributed by atoms with E-state index in [0.29, 0.717) is 12.8 Å². The van der Waals surface area contributed by atoms with Gasteiger partial charge in [0.15, 0.2) is 0 Å². The maximum Gasteiger partial charge on any atom is 0.407 e. The van der Waals surface area contributed by atoms with Crippen molar-refractivity contribution < 1.29 is 24.2 Å². The first kappa shape index (κ1) is 25.3. The van der Waals surface area contributed by atoms with E-state index in [2.05, 4.69) is 22.8 Å². The minimum Gasteiger partial charge on any atom is -0.480 e. The molecule has 0 aromatic heterocycles. The van der Waals surface area contributed by atoms with Gasteiger partial charge in [-0.2, -0.15) is 0 Å². The number of hydrogen-bond acceptors (Lipinski definition) is 4. The zero-order chi connectivity index (χ0) is 24.8. The Kier molecular flexibility index (Phi) is 8.31. The van der Waals surface area contributed by atoms with Gasteiger partial charge in [-0.25, -0.2) is 9.59 Å². The van der Waals surface area contributed by atoms with Gasteiger partial charge in [-0.05, 0) is 40.5 Å². The Bertz CT molecular complexity index is 990. The second-order valence-electron chi connectivity index (χ2n) is 9.36. The van der Waals surface area contributed by atoms with E-state index in [4.69, 9.17) is 4.74 Å². The predicted molar refractivity (Wildman–Crippen MR) is 130 cm³/mol. The summed E-state index contributed by atoms with van der Waals surface area (Å²) in [5.74, 6) is -1.83. The lowest BCUT2D eigenvalue weighted by Crippen LogP contribution is -2.53. The van der Waals surface area contributed by atoms with Crippen molar-refractivity contribution >= 4 is 18.0 Å². The van der Waals surface area contributed by atoms with Crippen molar-refractivity contribution in [3.8, 4) is 11.1 Å². The van der Waals surface area contributed by atoms with Gasteiger partial charge in [0, 0.05) is 5.92 Å². The van der Waals surface area contributed by atoms with E-state index in [0.717, 1.165) is 22.3 Å². The number of alkyl carbamates (subject to hydrolysis) is 1. The van der Waals surface area contributed by atoms with Crippen LogP contribution in [0.3, 0.4) is 0 Å². The van der Waals surface area contributed by atoms with Crippen LogP contribution in [0.4, 0.5) is 4.79 Å². The van der Waals surface area contributed by atoms with E-state index in [1.807, 2.05) is 57.2 Å². The Labute approximate surface area is 200 Å². The number of rotatable bonds is 10. The van der Waals surface area contributed by atoms with Crippen LogP contribution in [-0.4, -0.2) is 41.8 Å². The number of carbonyl (C=O) groups excluding carboxylic acids is 2. The molecule has 0 heterocycles.